The van der Waals surface area contributed by atoms with Gasteiger partial charge in [-0.1, -0.05) is 29.8 Å². The molecule has 0 aromatic heterocycles. The molecule has 3 nitrogen and oxygen atoms in total. The molecule has 1 aromatic rings. The van der Waals surface area contributed by atoms with Crippen LogP contribution in [-0.2, 0) is 15.7 Å². The van der Waals surface area contributed by atoms with Crippen LogP contribution in [0.15, 0.2) is 24.3 Å². The zero-order valence-corrected chi connectivity index (χ0v) is 7.62. The second-order valence-corrected chi connectivity index (χ2v) is 3.23. The Morgan fingerprint density at radius 2 is 2.00 bits per heavy atom. The van der Waals surface area contributed by atoms with Gasteiger partial charge < -0.3 is 0 Å². The minimum absolute atomic E-state index is 0.186. The average molecular weight is 185 g/mol. The number of hydrogen-bond acceptors (Lipinski definition) is 2. The largest absolute Gasteiger partial charge is 0.695 e. The summed E-state index contributed by atoms with van der Waals surface area (Å²) in [5.74, 6) is 0. The number of hydrogen-bond donors (Lipinski definition) is 1. The van der Waals surface area contributed by atoms with E-state index in [1.807, 2.05) is 31.2 Å². The van der Waals surface area contributed by atoms with E-state index in [9.17, 15) is 4.57 Å². The van der Waals surface area contributed by atoms with E-state index in [0.29, 0.717) is 0 Å². The fourth-order valence-electron chi connectivity index (χ4n) is 0.814. The van der Waals surface area contributed by atoms with Crippen LogP contribution >= 0.6 is 8.25 Å². The van der Waals surface area contributed by atoms with Crippen LogP contribution in [0.1, 0.15) is 11.1 Å². The van der Waals surface area contributed by atoms with Gasteiger partial charge in [-0.15, -0.1) is 9.42 Å². The molecule has 1 rings (SSSR count). The second-order valence-electron chi connectivity index (χ2n) is 2.50. The van der Waals surface area contributed by atoms with E-state index in [4.69, 9.17) is 4.89 Å². The van der Waals surface area contributed by atoms with Crippen molar-refractivity contribution in [2.24, 2.45) is 0 Å². The summed E-state index contributed by atoms with van der Waals surface area (Å²) in [5, 5.41) is 0. The third kappa shape index (κ3) is 3.09. The van der Waals surface area contributed by atoms with E-state index >= 15 is 0 Å². The van der Waals surface area contributed by atoms with Gasteiger partial charge in [-0.25, -0.2) is 0 Å². The third-order valence-corrected chi connectivity index (χ3v) is 1.81. The fraction of sp³-hybridized carbons (Fsp3) is 0.250. The van der Waals surface area contributed by atoms with E-state index in [-0.39, 0.29) is 6.61 Å². The van der Waals surface area contributed by atoms with E-state index < -0.39 is 8.25 Å². The van der Waals surface area contributed by atoms with Gasteiger partial charge in [0.15, 0.2) is 0 Å². The number of rotatable bonds is 3. The highest BCUT2D eigenvalue weighted by Crippen LogP contribution is 2.17. The average Bonchev–Trinajstić information content (AvgIpc) is 2.03. The van der Waals surface area contributed by atoms with Crippen LogP contribution in [0.25, 0.3) is 0 Å². The predicted octanol–water partition coefficient (Wildman–Crippen LogP) is 2.16. The van der Waals surface area contributed by atoms with Crippen molar-refractivity contribution < 1.29 is 14.0 Å². The lowest BCUT2D eigenvalue weighted by molar-refractivity contribution is 0.272. The molecular formula is C8H10O3P+. The maximum Gasteiger partial charge on any atom is 0.695 e. The summed E-state index contributed by atoms with van der Waals surface area (Å²) in [5.41, 5.74) is 2.06. The monoisotopic (exact) mass is 185 g/mol. The SMILES string of the molecule is Cc1ccc(CO[P+](=O)O)cc1. The lowest BCUT2D eigenvalue weighted by atomic mass is 10.2. The Bertz CT molecular complexity index is 268. The summed E-state index contributed by atoms with van der Waals surface area (Å²) >= 11 is 0. The first-order chi connectivity index (χ1) is 5.68. The van der Waals surface area contributed by atoms with E-state index in [1.165, 1.54) is 0 Å². The van der Waals surface area contributed by atoms with Gasteiger partial charge in [0.25, 0.3) is 0 Å². The molecule has 1 aromatic carbocycles. The molecule has 1 N–H and O–H groups in total. The van der Waals surface area contributed by atoms with Crippen molar-refractivity contribution in [3.05, 3.63) is 35.4 Å². The van der Waals surface area contributed by atoms with Crippen LogP contribution in [0.4, 0.5) is 0 Å². The number of aryl methyl sites for hydroxylation is 1. The first kappa shape index (κ1) is 9.33. The summed E-state index contributed by atoms with van der Waals surface area (Å²) in [7, 11) is -2.48. The molecule has 0 radical (unpaired) electrons. The highest BCUT2D eigenvalue weighted by Gasteiger charge is 2.11. The Morgan fingerprint density at radius 3 is 2.50 bits per heavy atom. The van der Waals surface area contributed by atoms with Gasteiger partial charge in [-0.05, 0) is 12.5 Å². The molecule has 0 aliphatic carbocycles. The lowest BCUT2D eigenvalue weighted by Crippen LogP contribution is -1.85. The Labute approximate surface area is 71.9 Å². The van der Waals surface area contributed by atoms with Crippen LogP contribution in [0.5, 0.6) is 0 Å². The molecule has 0 spiro atoms. The van der Waals surface area contributed by atoms with Crippen LogP contribution in [0.2, 0.25) is 0 Å². The molecule has 0 saturated carbocycles. The molecule has 0 heterocycles. The van der Waals surface area contributed by atoms with Gasteiger partial charge in [-0.2, -0.15) is 0 Å². The zero-order valence-electron chi connectivity index (χ0n) is 6.73. The minimum atomic E-state index is -2.48. The summed E-state index contributed by atoms with van der Waals surface area (Å²) in [6.45, 7) is 2.17. The molecule has 0 bridgehead atoms. The van der Waals surface area contributed by atoms with Gasteiger partial charge in [-0.3, -0.25) is 0 Å². The normalized spacial score (nSPS) is 11.3. The molecule has 4 heteroatoms. The lowest BCUT2D eigenvalue weighted by Gasteiger charge is -1.94. The topological polar surface area (TPSA) is 46.5 Å². The van der Waals surface area contributed by atoms with Crippen molar-refractivity contribution in [2.75, 3.05) is 0 Å². The van der Waals surface area contributed by atoms with E-state index in [2.05, 4.69) is 4.52 Å². The first-order valence-corrected chi connectivity index (χ1v) is 4.66. The fourth-order valence-corrected chi connectivity index (χ4v) is 1.07. The Balaban J connectivity index is 2.53. The molecule has 0 saturated heterocycles. The van der Waals surface area contributed by atoms with E-state index in [1.54, 1.807) is 0 Å². The maximum absolute atomic E-state index is 10.2. The molecular weight excluding hydrogens is 175 g/mol. The van der Waals surface area contributed by atoms with Crippen LogP contribution in [0, 0.1) is 6.92 Å². The Morgan fingerprint density at radius 1 is 1.42 bits per heavy atom. The van der Waals surface area contributed by atoms with Gasteiger partial charge in [0.1, 0.15) is 6.61 Å². The number of benzene rings is 1. The summed E-state index contributed by atoms with van der Waals surface area (Å²) in [4.78, 5) is 8.36. The van der Waals surface area contributed by atoms with E-state index in [0.717, 1.165) is 11.1 Å². The molecule has 0 aliphatic heterocycles. The van der Waals surface area contributed by atoms with Crippen molar-refractivity contribution in [3.63, 3.8) is 0 Å². The summed E-state index contributed by atoms with van der Waals surface area (Å²) < 4.78 is 14.7. The predicted molar refractivity (Wildman–Crippen MR) is 45.8 cm³/mol. The second kappa shape index (κ2) is 4.31. The standard InChI is InChI=1S/C8H9O3P/c1-7-2-4-8(5-3-7)6-11-12(9)10/h2-5H,6H2,1H3/p+1. The molecule has 12 heavy (non-hydrogen) atoms. The van der Waals surface area contributed by atoms with Gasteiger partial charge >= 0.3 is 8.25 Å². The van der Waals surface area contributed by atoms with Crippen molar-refractivity contribution in [2.45, 2.75) is 13.5 Å². The van der Waals surface area contributed by atoms with Crippen molar-refractivity contribution >= 4 is 8.25 Å². The Hall–Kier alpha value is -0.760. The smallest absolute Gasteiger partial charge is 0.133 e. The highest BCUT2D eigenvalue weighted by molar-refractivity contribution is 7.32. The zero-order chi connectivity index (χ0) is 8.97. The molecule has 0 amide bonds. The van der Waals surface area contributed by atoms with Gasteiger partial charge in [0, 0.05) is 4.57 Å². The summed E-state index contributed by atoms with van der Waals surface area (Å²) in [6.07, 6.45) is 0. The quantitative estimate of drug-likeness (QED) is 0.734. The van der Waals surface area contributed by atoms with Crippen molar-refractivity contribution in [3.8, 4) is 0 Å². The van der Waals surface area contributed by atoms with Crippen LogP contribution in [-0.4, -0.2) is 4.89 Å². The van der Waals surface area contributed by atoms with Crippen LogP contribution in [0.3, 0.4) is 0 Å². The molecule has 1 atom stereocenters. The first-order valence-electron chi connectivity index (χ1n) is 3.53. The highest BCUT2D eigenvalue weighted by atomic mass is 31.1. The van der Waals surface area contributed by atoms with Crippen LogP contribution < -0.4 is 0 Å². The van der Waals surface area contributed by atoms with Gasteiger partial charge in [0.05, 0.1) is 0 Å². The molecule has 64 valence electrons. The maximum atomic E-state index is 10.2. The third-order valence-electron chi connectivity index (χ3n) is 1.46. The van der Waals surface area contributed by atoms with Crippen molar-refractivity contribution in [1.82, 2.24) is 0 Å². The molecule has 0 fully saturated rings. The molecule has 1 unspecified atom stereocenters. The Kier molecular flexibility index (Phi) is 3.35. The molecule has 0 aliphatic rings. The van der Waals surface area contributed by atoms with Crippen molar-refractivity contribution in [1.29, 1.82) is 0 Å². The van der Waals surface area contributed by atoms with Gasteiger partial charge in [0.2, 0.25) is 0 Å². The minimum Gasteiger partial charge on any atom is -0.133 e. The summed E-state index contributed by atoms with van der Waals surface area (Å²) in [6, 6.07) is 7.61.